The van der Waals surface area contributed by atoms with E-state index in [1.54, 1.807) is 0 Å². The molecule has 0 amide bonds. The van der Waals surface area contributed by atoms with Crippen LogP contribution in [0.4, 0.5) is 17.6 Å². The fraction of sp³-hybridized carbons (Fsp3) is 1.00. The van der Waals surface area contributed by atoms with Gasteiger partial charge in [0.25, 0.3) is 0 Å². The first-order valence-corrected chi connectivity index (χ1v) is 6.00. The van der Waals surface area contributed by atoms with Crippen LogP contribution in [0.1, 0.15) is 25.7 Å². The number of nitrogens with zero attached hydrogens (tertiary/aromatic N) is 1. The third kappa shape index (κ3) is 4.79. The summed E-state index contributed by atoms with van der Waals surface area (Å²) in [4.78, 5) is 2.20. The number of likely N-dealkylation sites (tertiary alicyclic amines) is 1. The molecule has 1 heterocycles. The van der Waals surface area contributed by atoms with E-state index in [2.05, 4.69) is 10.2 Å². The topological polar surface area (TPSA) is 15.3 Å². The van der Waals surface area contributed by atoms with E-state index in [0.29, 0.717) is 12.6 Å². The molecular weight excluding hydrogens is 236 g/mol. The van der Waals surface area contributed by atoms with Crippen molar-refractivity contribution >= 4 is 0 Å². The van der Waals surface area contributed by atoms with Gasteiger partial charge in [0.1, 0.15) is 0 Å². The lowest BCUT2D eigenvalue weighted by Crippen LogP contribution is -2.42. The summed E-state index contributed by atoms with van der Waals surface area (Å²) in [6.45, 7) is 0.441. The van der Waals surface area contributed by atoms with Crippen molar-refractivity contribution < 1.29 is 17.6 Å². The molecule has 0 radical (unpaired) electrons. The van der Waals surface area contributed by atoms with Gasteiger partial charge in [-0.25, -0.2) is 8.78 Å². The van der Waals surface area contributed by atoms with Gasteiger partial charge in [-0.15, -0.1) is 0 Å². The van der Waals surface area contributed by atoms with E-state index in [1.165, 1.54) is 6.42 Å². The minimum absolute atomic E-state index is 0.358. The van der Waals surface area contributed by atoms with Crippen LogP contribution >= 0.6 is 0 Å². The molecular formula is C11H20F4N2. The van der Waals surface area contributed by atoms with Crippen molar-refractivity contribution in [3.8, 4) is 0 Å². The van der Waals surface area contributed by atoms with Gasteiger partial charge in [0.2, 0.25) is 0 Å². The zero-order valence-electron chi connectivity index (χ0n) is 10.1. The minimum atomic E-state index is -3.92. The fourth-order valence-electron chi connectivity index (χ4n) is 2.11. The van der Waals surface area contributed by atoms with Crippen LogP contribution in [0.3, 0.4) is 0 Å². The Bertz CT molecular complexity index is 224. The first kappa shape index (κ1) is 14.7. The Morgan fingerprint density at radius 3 is 2.65 bits per heavy atom. The van der Waals surface area contributed by atoms with Gasteiger partial charge in [-0.2, -0.15) is 8.78 Å². The second-order valence-electron chi connectivity index (χ2n) is 4.66. The summed E-state index contributed by atoms with van der Waals surface area (Å²) < 4.78 is 48.8. The van der Waals surface area contributed by atoms with Crippen LogP contribution in [-0.2, 0) is 0 Å². The zero-order chi connectivity index (χ0) is 12.9. The average molecular weight is 256 g/mol. The summed E-state index contributed by atoms with van der Waals surface area (Å²) in [6, 6.07) is 0.386. The van der Waals surface area contributed by atoms with Crippen LogP contribution in [0.5, 0.6) is 0 Å². The molecule has 102 valence electrons. The molecule has 1 fully saturated rings. The summed E-state index contributed by atoms with van der Waals surface area (Å²) in [5.41, 5.74) is 0. The van der Waals surface area contributed by atoms with Crippen LogP contribution < -0.4 is 5.32 Å². The molecule has 0 bridgehead atoms. The summed E-state index contributed by atoms with van der Waals surface area (Å²) >= 11 is 0. The van der Waals surface area contributed by atoms with Gasteiger partial charge in [0.05, 0.1) is 6.54 Å². The molecule has 1 unspecified atom stereocenters. The van der Waals surface area contributed by atoms with E-state index < -0.39 is 18.9 Å². The average Bonchev–Trinajstić information content (AvgIpc) is 2.26. The molecule has 1 N–H and O–H groups in total. The van der Waals surface area contributed by atoms with Crippen molar-refractivity contribution in [1.29, 1.82) is 0 Å². The van der Waals surface area contributed by atoms with E-state index in [-0.39, 0.29) is 0 Å². The molecule has 2 nitrogen and oxygen atoms in total. The summed E-state index contributed by atoms with van der Waals surface area (Å²) in [5, 5.41) is 2.42. The SMILES string of the molecule is CN1CCCCC1CCNCC(F)(F)C(F)F. The molecule has 1 saturated heterocycles. The summed E-state index contributed by atoms with van der Waals surface area (Å²) in [7, 11) is 2.01. The Morgan fingerprint density at radius 1 is 1.35 bits per heavy atom. The highest BCUT2D eigenvalue weighted by Crippen LogP contribution is 2.21. The molecule has 1 rings (SSSR count). The standard InChI is InChI=1S/C11H20F4N2/c1-17-7-3-2-4-9(17)5-6-16-8-11(14,15)10(12)13/h9-10,16H,2-8H2,1H3. The normalized spacial score (nSPS) is 23.3. The molecule has 1 aliphatic rings. The maximum absolute atomic E-state index is 12.6. The molecule has 0 aromatic rings. The Hall–Kier alpha value is -0.360. The van der Waals surface area contributed by atoms with Crippen molar-refractivity contribution in [2.24, 2.45) is 0 Å². The van der Waals surface area contributed by atoms with Gasteiger partial charge in [-0.1, -0.05) is 6.42 Å². The van der Waals surface area contributed by atoms with Gasteiger partial charge in [-0.05, 0) is 39.4 Å². The van der Waals surface area contributed by atoms with Crippen LogP contribution in [0.15, 0.2) is 0 Å². The molecule has 0 saturated carbocycles. The lowest BCUT2D eigenvalue weighted by molar-refractivity contribution is -0.125. The van der Waals surface area contributed by atoms with E-state index in [4.69, 9.17) is 0 Å². The van der Waals surface area contributed by atoms with Crippen LogP contribution in [0.25, 0.3) is 0 Å². The predicted molar refractivity (Wildman–Crippen MR) is 58.7 cm³/mol. The van der Waals surface area contributed by atoms with E-state index >= 15 is 0 Å². The summed E-state index contributed by atoms with van der Waals surface area (Å²) in [5.74, 6) is -3.92. The highest BCUT2D eigenvalue weighted by Gasteiger charge is 2.39. The van der Waals surface area contributed by atoms with E-state index in [1.807, 2.05) is 7.05 Å². The Kier molecular flexibility index (Phi) is 5.66. The first-order chi connectivity index (χ1) is 7.93. The minimum Gasteiger partial charge on any atom is -0.311 e. The van der Waals surface area contributed by atoms with E-state index in [0.717, 1.165) is 25.8 Å². The lowest BCUT2D eigenvalue weighted by atomic mass is 10.0. The maximum atomic E-state index is 12.6. The Balaban J connectivity index is 2.15. The highest BCUT2D eigenvalue weighted by molar-refractivity contribution is 4.77. The largest absolute Gasteiger partial charge is 0.319 e. The molecule has 0 aromatic heterocycles. The molecule has 0 aromatic carbocycles. The molecule has 0 aliphatic carbocycles. The quantitative estimate of drug-likeness (QED) is 0.579. The summed E-state index contributed by atoms with van der Waals surface area (Å²) in [6.07, 6.45) is 0.526. The van der Waals surface area contributed by atoms with Crippen LogP contribution in [0, 0.1) is 0 Å². The number of piperidine rings is 1. The van der Waals surface area contributed by atoms with Gasteiger partial charge >= 0.3 is 12.3 Å². The second kappa shape index (κ2) is 6.54. The van der Waals surface area contributed by atoms with Crippen molar-refractivity contribution in [2.45, 2.75) is 44.1 Å². The van der Waals surface area contributed by atoms with Crippen molar-refractivity contribution in [3.63, 3.8) is 0 Å². The zero-order valence-corrected chi connectivity index (χ0v) is 10.1. The Labute approximate surface area is 99.4 Å². The highest BCUT2D eigenvalue weighted by atomic mass is 19.3. The smallest absolute Gasteiger partial charge is 0.311 e. The molecule has 17 heavy (non-hydrogen) atoms. The third-order valence-corrected chi connectivity index (χ3v) is 3.26. The van der Waals surface area contributed by atoms with Crippen molar-refractivity contribution in [1.82, 2.24) is 10.2 Å². The fourth-order valence-corrected chi connectivity index (χ4v) is 2.11. The third-order valence-electron chi connectivity index (χ3n) is 3.26. The molecule has 0 spiro atoms. The van der Waals surface area contributed by atoms with Gasteiger partial charge in [0, 0.05) is 6.04 Å². The number of hydrogen-bond donors (Lipinski definition) is 1. The number of alkyl halides is 4. The molecule has 6 heteroatoms. The van der Waals surface area contributed by atoms with Gasteiger partial charge in [0.15, 0.2) is 0 Å². The first-order valence-electron chi connectivity index (χ1n) is 6.00. The Morgan fingerprint density at radius 2 is 2.06 bits per heavy atom. The molecule has 1 aliphatic heterocycles. The lowest BCUT2D eigenvalue weighted by Gasteiger charge is -2.32. The maximum Gasteiger partial charge on any atom is 0.319 e. The van der Waals surface area contributed by atoms with Gasteiger partial charge < -0.3 is 10.2 Å². The number of halogens is 4. The van der Waals surface area contributed by atoms with Crippen molar-refractivity contribution in [3.05, 3.63) is 0 Å². The monoisotopic (exact) mass is 256 g/mol. The predicted octanol–water partition coefficient (Wildman–Crippen LogP) is 2.35. The second-order valence-corrected chi connectivity index (χ2v) is 4.66. The number of rotatable bonds is 6. The van der Waals surface area contributed by atoms with Crippen LogP contribution in [0.2, 0.25) is 0 Å². The number of nitrogens with one attached hydrogen (secondary N) is 1. The number of hydrogen-bond acceptors (Lipinski definition) is 2. The van der Waals surface area contributed by atoms with E-state index in [9.17, 15) is 17.6 Å². The van der Waals surface area contributed by atoms with Crippen LogP contribution in [-0.4, -0.2) is 50.0 Å². The van der Waals surface area contributed by atoms with Crippen molar-refractivity contribution in [2.75, 3.05) is 26.7 Å². The molecule has 1 atom stereocenters. The van der Waals surface area contributed by atoms with Gasteiger partial charge in [-0.3, -0.25) is 0 Å².